The average molecular weight is 551 g/mol. The average Bonchev–Trinajstić information content (AvgIpc) is 3.44. The number of nitrogens with zero attached hydrogens (tertiary/aromatic N) is 1. The molecule has 2 aromatic carbocycles. The van der Waals surface area contributed by atoms with E-state index in [1.807, 2.05) is 5.32 Å². The van der Waals surface area contributed by atoms with Crippen LogP contribution in [0, 0.1) is 17.5 Å². The smallest absolute Gasteiger partial charge is 0.339 e. The Kier molecular flexibility index (Phi) is 7.41. The Morgan fingerprint density at radius 1 is 1.11 bits per heavy atom. The van der Waals surface area contributed by atoms with E-state index in [9.17, 15) is 32.3 Å². The number of carbonyl (C=O) groups excluding carboxylic acids is 4. The van der Waals surface area contributed by atoms with Crippen LogP contribution in [-0.2, 0) is 14.3 Å². The maximum Gasteiger partial charge on any atom is 0.339 e. The van der Waals surface area contributed by atoms with Gasteiger partial charge in [-0.05, 0) is 54.2 Å². The van der Waals surface area contributed by atoms with Gasteiger partial charge in [-0.15, -0.1) is 0 Å². The number of rotatable bonds is 6. The van der Waals surface area contributed by atoms with Crippen molar-refractivity contribution < 1.29 is 41.5 Å². The number of anilines is 1. The van der Waals surface area contributed by atoms with Crippen LogP contribution in [-0.4, -0.2) is 41.6 Å². The van der Waals surface area contributed by atoms with Crippen molar-refractivity contribution in [2.45, 2.75) is 0 Å². The van der Waals surface area contributed by atoms with Crippen LogP contribution in [0.1, 0.15) is 16.1 Å². The summed E-state index contributed by atoms with van der Waals surface area (Å²) in [6.45, 7) is -0.787. The second kappa shape index (κ2) is 10.5. The summed E-state index contributed by atoms with van der Waals surface area (Å²) < 4.78 is 50.6. The van der Waals surface area contributed by atoms with E-state index in [0.29, 0.717) is 34.1 Å². The molecular formula is C24H14ClF3N2O6S. The molecule has 0 radical (unpaired) electrons. The van der Waals surface area contributed by atoms with Gasteiger partial charge in [-0.25, -0.2) is 18.0 Å². The molecule has 0 bridgehead atoms. The molecule has 1 saturated heterocycles. The number of amides is 3. The van der Waals surface area contributed by atoms with Crippen LogP contribution in [0.3, 0.4) is 0 Å². The highest BCUT2D eigenvalue weighted by molar-refractivity contribution is 8.18. The van der Waals surface area contributed by atoms with E-state index in [4.69, 9.17) is 20.8 Å². The van der Waals surface area contributed by atoms with E-state index < -0.39 is 52.7 Å². The van der Waals surface area contributed by atoms with Gasteiger partial charge in [0, 0.05) is 11.6 Å². The van der Waals surface area contributed by atoms with Gasteiger partial charge in [-0.3, -0.25) is 19.3 Å². The van der Waals surface area contributed by atoms with Crippen molar-refractivity contribution in [3.8, 4) is 11.3 Å². The van der Waals surface area contributed by atoms with E-state index in [1.165, 1.54) is 31.4 Å². The lowest BCUT2D eigenvalue weighted by atomic mass is 10.1. The molecule has 190 valence electrons. The van der Waals surface area contributed by atoms with Crippen molar-refractivity contribution in [1.82, 2.24) is 4.90 Å². The highest BCUT2D eigenvalue weighted by atomic mass is 35.5. The van der Waals surface area contributed by atoms with Crippen LogP contribution in [0.2, 0.25) is 5.02 Å². The van der Waals surface area contributed by atoms with Crippen LogP contribution in [0.25, 0.3) is 17.4 Å². The van der Waals surface area contributed by atoms with Gasteiger partial charge >= 0.3 is 5.97 Å². The third-order valence-electron chi connectivity index (χ3n) is 5.04. The first-order valence-electron chi connectivity index (χ1n) is 10.3. The van der Waals surface area contributed by atoms with Gasteiger partial charge < -0.3 is 14.5 Å². The SMILES string of the molecule is COC(=O)c1cc(-c2ccc(/C=C3/SC(=O)N(CC(=O)Nc4ccc(F)c(F)c4F)C3=O)o2)ccc1Cl. The predicted molar refractivity (Wildman–Crippen MR) is 128 cm³/mol. The third kappa shape index (κ3) is 5.39. The van der Waals surface area contributed by atoms with E-state index in [-0.39, 0.29) is 21.3 Å². The van der Waals surface area contributed by atoms with Crippen LogP contribution < -0.4 is 5.32 Å². The summed E-state index contributed by atoms with van der Waals surface area (Å²) in [6.07, 6.45) is 1.29. The first-order chi connectivity index (χ1) is 17.6. The Labute approximate surface area is 216 Å². The standard InChI is InChI=1S/C24H14ClF3N2O6S/c1-35-23(33)13-8-11(2-4-14(13)25)17-7-3-12(36-17)9-18-22(32)30(24(34)37-18)10-19(31)29-16-6-5-15(26)20(27)21(16)28/h2-9H,10H2,1H3,(H,29,31)/b18-9+. The molecule has 1 N–H and O–H groups in total. The Morgan fingerprint density at radius 3 is 2.59 bits per heavy atom. The van der Waals surface area contributed by atoms with Gasteiger partial charge in [0.05, 0.1) is 28.3 Å². The molecule has 8 nitrogen and oxygen atoms in total. The molecule has 37 heavy (non-hydrogen) atoms. The van der Waals surface area contributed by atoms with Crippen LogP contribution >= 0.6 is 23.4 Å². The van der Waals surface area contributed by atoms with E-state index >= 15 is 0 Å². The van der Waals surface area contributed by atoms with Gasteiger partial charge in [-0.2, -0.15) is 0 Å². The lowest BCUT2D eigenvalue weighted by Crippen LogP contribution is -2.36. The largest absolute Gasteiger partial charge is 0.465 e. The minimum Gasteiger partial charge on any atom is -0.465 e. The molecule has 1 aliphatic heterocycles. The van der Waals surface area contributed by atoms with Gasteiger partial charge in [0.15, 0.2) is 17.5 Å². The fraction of sp³-hybridized carbons (Fsp3) is 0.0833. The number of halogens is 4. The summed E-state index contributed by atoms with van der Waals surface area (Å²) in [5.74, 6) is -6.74. The maximum absolute atomic E-state index is 13.8. The summed E-state index contributed by atoms with van der Waals surface area (Å²) in [6, 6.07) is 9.10. The molecule has 1 aromatic heterocycles. The first kappa shape index (κ1) is 26.0. The molecule has 0 spiro atoms. The molecule has 4 rings (SSSR count). The highest BCUT2D eigenvalue weighted by Crippen LogP contribution is 2.34. The number of methoxy groups -OCH3 is 1. The summed E-state index contributed by atoms with van der Waals surface area (Å²) in [5.41, 5.74) is -0.0203. The fourth-order valence-corrected chi connectivity index (χ4v) is 4.26. The van der Waals surface area contributed by atoms with Crippen molar-refractivity contribution in [3.63, 3.8) is 0 Å². The third-order valence-corrected chi connectivity index (χ3v) is 6.28. The van der Waals surface area contributed by atoms with Gasteiger partial charge in [0.25, 0.3) is 11.1 Å². The number of imide groups is 1. The van der Waals surface area contributed by atoms with Crippen molar-refractivity contribution in [3.05, 3.63) is 81.2 Å². The molecule has 1 fully saturated rings. The highest BCUT2D eigenvalue weighted by Gasteiger charge is 2.36. The number of ether oxygens (including phenoxy) is 1. The number of hydrogen-bond acceptors (Lipinski definition) is 7. The van der Waals surface area contributed by atoms with E-state index in [0.717, 1.165) is 6.07 Å². The van der Waals surface area contributed by atoms with E-state index in [2.05, 4.69) is 0 Å². The van der Waals surface area contributed by atoms with E-state index in [1.54, 1.807) is 12.1 Å². The number of thioether (sulfide) groups is 1. The lowest BCUT2D eigenvalue weighted by molar-refractivity contribution is -0.127. The summed E-state index contributed by atoms with van der Waals surface area (Å²) in [7, 11) is 1.22. The van der Waals surface area contributed by atoms with Crippen molar-refractivity contribution in [2.24, 2.45) is 0 Å². The number of hydrogen-bond donors (Lipinski definition) is 1. The first-order valence-corrected chi connectivity index (χ1v) is 11.4. The zero-order valence-corrected chi connectivity index (χ0v) is 20.2. The number of nitrogens with one attached hydrogen (secondary N) is 1. The van der Waals surface area contributed by atoms with Gasteiger partial charge in [-0.1, -0.05) is 11.6 Å². The predicted octanol–water partition coefficient (Wildman–Crippen LogP) is 5.48. The molecule has 0 unspecified atom stereocenters. The van der Waals surface area contributed by atoms with Gasteiger partial charge in [0.2, 0.25) is 5.91 Å². The number of esters is 1. The Morgan fingerprint density at radius 2 is 1.86 bits per heavy atom. The molecule has 3 amide bonds. The second-order valence-corrected chi connectivity index (χ2v) is 8.83. The minimum absolute atomic E-state index is 0.0518. The molecule has 0 aliphatic carbocycles. The Bertz CT molecular complexity index is 1490. The van der Waals surface area contributed by atoms with Crippen molar-refractivity contribution >= 4 is 58.1 Å². The minimum atomic E-state index is -1.77. The Hall–Kier alpha value is -4.03. The molecule has 2 heterocycles. The van der Waals surface area contributed by atoms with Gasteiger partial charge in [0.1, 0.15) is 18.1 Å². The number of carbonyl (C=O) groups is 4. The van der Waals surface area contributed by atoms with Crippen LogP contribution in [0.15, 0.2) is 51.8 Å². The molecule has 13 heteroatoms. The van der Waals surface area contributed by atoms with Crippen LogP contribution in [0.4, 0.5) is 23.7 Å². The zero-order valence-electron chi connectivity index (χ0n) is 18.6. The fourth-order valence-electron chi connectivity index (χ4n) is 3.25. The van der Waals surface area contributed by atoms with Crippen LogP contribution in [0.5, 0.6) is 0 Å². The number of furan rings is 1. The molecule has 3 aromatic rings. The molecule has 0 atom stereocenters. The topological polar surface area (TPSA) is 106 Å². The summed E-state index contributed by atoms with van der Waals surface area (Å²) in [4.78, 5) is 49.6. The second-order valence-electron chi connectivity index (χ2n) is 7.43. The maximum atomic E-state index is 13.8. The Balaban J connectivity index is 1.48. The summed E-state index contributed by atoms with van der Waals surface area (Å²) in [5, 5.41) is 1.41. The van der Waals surface area contributed by atoms with Crippen molar-refractivity contribution in [1.29, 1.82) is 0 Å². The summed E-state index contributed by atoms with van der Waals surface area (Å²) >= 11 is 6.57. The molecule has 0 saturated carbocycles. The normalized spacial score (nSPS) is 14.4. The quantitative estimate of drug-likeness (QED) is 0.246. The van der Waals surface area contributed by atoms with Crippen molar-refractivity contribution in [2.75, 3.05) is 19.0 Å². The number of benzene rings is 2. The molecule has 1 aliphatic rings. The monoisotopic (exact) mass is 550 g/mol. The lowest BCUT2D eigenvalue weighted by Gasteiger charge is -2.13. The zero-order chi connectivity index (χ0) is 26.9. The molecular weight excluding hydrogens is 537 g/mol.